The van der Waals surface area contributed by atoms with E-state index in [9.17, 15) is 4.79 Å². The lowest BCUT2D eigenvalue weighted by Crippen LogP contribution is -2.32. The number of rotatable bonds is 9. The average molecular weight is 288 g/mol. The molecule has 20 heavy (non-hydrogen) atoms. The monoisotopic (exact) mass is 288 g/mol. The summed E-state index contributed by atoms with van der Waals surface area (Å²) in [6.07, 6.45) is 4.38. The molecule has 5 nitrogen and oxygen atoms in total. The standard InChI is InChI=1S/C15H28O5/c1-4-8-17-11-14(20-13(3)16)10-12(2)19-15-7-5-6-9-18-15/h12,14-15H,4-11H2,1-3H3. The molecule has 1 saturated heterocycles. The quantitative estimate of drug-likeness (QED) is 0.482. The summed E-state index contributed by atoms with van der Waals surface area (Å²) in [7, 11) is 0. The summed E-state index contributed by atoms with van der Waals surface area (Å²) in [5, 5.41) is 0. The van der Waals surface area contributed by atoms with Crippen LogP contribution < -0.4 is 0 Å². The SMILES string of the molecule is CCCOCC(CC(C)OC1CCCCO1)OC(C)=O. The summed E-state index contributed by atoms with van der Waals surface area (Å²) in [5.74, 6) is -0.281. The zero-order valence-electron chi connectivity index (χ0n) is 12.9. The van der Waals surface area contributed by atoms with Gasteiger partial charge in [0.25, 0.3) is 0 Å². The van der Waals surface area contributed by atoms with Crippen molar-refractivity contribution in [3.8, 4) is 0 Å². The highest BCUT2D eigenvalue weighted by atomic mass is 16.7. The maximum Gasteiger partial charge on any atom is 0.302 e. The fourth-order valence-electron chi connectivity index (χ4n) is 2.25. The van der Waals surface area contributed by atoms with Gasteiger partial charge in [0.2, 0.25) is 0 Å². The lowest BCUT2D eigenvalue weighted by Gasteiger charge is -2.28. The molecule has 3 atom stereocenters. The van der Waals surface area contributed by atoms with Gasteiger partial charge in [-0.25, -0.2) is 0 Å². The van der Waals surface area contributed by atoms with Gasteiger partial charge in [0.1, 0.15) is 6.10 Å². The molecule has 1 rings (SSSR count). The summed E-state index contributed by atoms with van der Waals surface area (Å²) in [6, 6.07) is 0. The fourth-order valence-corrected chi connectivity index (χ4v) is 2.25. The molecule has 0 aromatic rings. The molecule has 118 valence electrons. The summed E-state index contributed by atoms with van der Waals surface area (Å²) in [4.78, 5) is 11.1. The third-order valence-electron chi connectivity index (χ3n) is 3.10. The highest BCUT2D eigenvalue weighted by molar-refractivity contribution is 5.66. The third kappa shape index (κ3) is 7.82. The van der Waals surface area contributed by atoms with Crippen LogP contribution in [0.15, 0.2) is 0 Å². The van der Waals surface area contributed by atoms with Gasteiger partial charge in [-0.2, -0.15) is 0 Å². The van der Waals surface area contributed by atoms with Crippen molar-refractivity contribution in [3.63, 3.8) is 0 Å². The number of esters is 1. The smallest absolute Gasteiger partial charge is 0.302 e. The first-order valence-corrected chi connectivity index (χ1v) is 7.63. The van der Waals surface area contributed by atoms with Crippen molar-refractivity contribution in [2.75, 3.05) is 19.8 Å². The maximum atomic E-state index is 11.1. The Hall–Kier alpha value is -0.650. The molecule has 0 radical (unpaired) electrons. The van der Waals surface area contributed by atoms with Crippen molar-refractivity contribution in [3.05, 3.63) is 0 Å². The number of hydrogen-bond acceptors (Lipinski definition) is 5. The second-order valence-corrected chi connectivity index (χ2v) is 5.28. The van der Waals surface area contributed by atoms with Crippen molar-refractivity contribution in [2.45, 2.75) is 71.4 Å². The molecule has 3 unspecified atom stereocenters. The molecule has 0 N–H and O–H groups in total. The van der Waals surface area contributed by atoms with E-state index in [2.05, 4.69) is 0 Å². The van der Waals surface area contributed by atoms with Crippen LogP contribution in [0.5, 0.6) is 0 Å². The largest absolute Gasteiger partial charge is 0.460 e. The molecule has 0 bridgehead atoms. The molecule has 0 amide bonds. The fraction of sp³-hybridized carbons (Fsp3) is 0.933. The van der Waals surface area contributed by atoms with Crippen LogP contribution in [0.1, 0.15) is 52.9 Å². The van der Waals surface area contributed by atoms with Gasteiger partial charge in [0.05, 0.1) is 12.7 Å². The van der Waals surface area contributed by atoms with Gasteiger partial charge in [-0.3, -0.25) is 4.79 Å². The van der Waals surface area contributed by atoms with E-state index >= 15 is 0 Å². The van der Waals surface area contributed by atoms with Crippen molar-refractivity contribution in [2.24, 2.45) is 0 Å². The van der Waals surface area contributed by atoms with Gasteiger partial charge < -0.3 is 18.9 Å². The molecule has 5 heteroatoms. The lowest BCUT2D eigenvalue weighted by molar-refractivity contribution is -0.192. The van der Waals surface area contributed by atoms with Crippen LogP contribution >= 0.6 is 0 Å². The minimum atomic E-state index is -0.281. The minimum absolute atomic E-state index is 0.0207. The van der Waals surface area contributed by atoms with E-state index in [4.69, 9.17) is 18.9 Å². The zero-order chi connectivity index (χ0) is 14.8. The summed E-state index contributed by atoms with van der Waals surface area (Å²) >= 11 is 0. The first kappa shape index (κ1) is 17.4. The highest BCUT2D eigenvalue weighted by Crippen LogP contribution is 2.18. The molecule has 0 aliphatic carbocycles. The lowest BCUT2D eigenvalue weighted by atomic mass is 10.1. The highest BCUT2D eigenvalue weighted by Gasteiger charge is 2.21. The topological polar surface area (TPSA) is 54.0 Å². The van der Waals surface area contributed by atoms with Gasteiger partial charge in [-0.15, -0.1) is 0 Å². The Morgan fingerprint density at radius 3 is 2.80 bits per heavy atom. The zero-order valence-corrected chi connectivity index (χ0v) is 12.9. The van der Waals surface area contributed by atoms with Crippen LogP contribution in [0.25, 0.3) is 0 Å². The Labute approximate surface area is 121 Å². The molecular formula is C15H28O5. The van der Waals surface area contributed by atoms with E-state index in [1.54, 1.807) is 0 Å². The van der Waals surface area contributed by atoms with Gasteiger partial charge in [-0.1, -0.05) is 6.92 Å². The van der Waals surface area contributed by atoms with E-state index in [-0.39, 0.29) is 24.5 Å². The first-order chi connectivity index (χ1) is 9.61. The van der Waals surface area contributed by atoms with Crippen LogP contribution in [0.2, 0.25) is 0 Å². The number of carbonyl (C=O) groups is 1. The normalized spacial score (nSPS) is 22.2. The van der Waals surface area contributed by atoms with Crippen molar-refractivity contribution in [1.29, 1.82) is 0 Å². The van der Waals surface area contributed by atoms with Crippen molar-refractivity contribution < 1.29 is 23.7 Å². The molecule has 0 aromatic heterocycles. The number of carbonyl (C=O) groups excluding carboxylic acids is 1. The van der Waals surface area contributed by atoms with Crippen LogP contribution in [-0.4, -0.2) is 44.3 Å². The van der Waals surface area contributed by atoms with Gasteiger partial charge >= 0.3 is 5.97 Å². The van der Waals surface area contributed by atoms with E-state index in [0.717, 1.165) is 32.3 Å². The van der Waals surface area contributed by atoms with Crippen LogP contribution in [0.3, 0.4) is 0 Å². The Balaban J connectivity index is 2.31. The van der Waals surface area contributed by atoms with Crippen LogP contribution in [0.4, 0.5) is 0 Å². The maximum absolute atomic E-state index is 11.1. The summed E-state index contributed by atoms with van der Waals surface area (Å²) < 4.78 is 22.1. The molecule has 1 heterocycles. The predicted octanol–water partition coefficient (Wildman–Crippen LogP) is 2.67. The summed E-state index contributed by atoms with van der Waals surface area (Å²) in [6.45, 7) is 7.32. The first-order valence-electron chi connectivity index (χ1n) is 7.63. The van der Waals surface area contributed by atoms with E-state index in [1.807, 2.05) is 13.8 Å². The van der Waals surface area contributed by atoms with Crippen LogP contribution in [-0.2, 0) is 23.7 Å². The second-order valence-electron chi connectivity index (χ2n) is 5.28. The molecule has 1 aliphatic heterocycles. The predicted molar refractivity (Wildman–Crippen MR) is 75.4 cm³/mol. The molecule has 0 saturated carbocycles. The summed E-state index contributed by atoms with van der Waals surface area (Å²) in [5.41, 5.74) is 0. The molecule has 1 fully saturated rings. The molecule has 0 spiro atoms. The third-order valence-corrected chi connectivity index (χ3v) is 3.10. The van der Waals surface area contributed by atoms with E-state index in [1.165, 1.54) is 6.92 Å². The van der Waals surface area contributed by atoms with Gasteiger partial charge in [-0.05, 0) is 32.6 Å². The Kier molecular flexibility index (Phi) is 8.82. The van der Waals surface area contributed by atoms with Crippen molar-refractivity contribution in [1.82, 2.24) is 0 Å². The number of hydrogen-bond donors (Lipinski definition) is 0. The van der Waals surface area contributed by atoms with E-state index in [0.29, 0.717) is 19.6 Å². The van der Waals surface area contributed by atoms with Crippen molar-refractivity contribution >= 4 is 5.97 Å². The van der Waals surface area contributed by atoms with E-state index < -0.39 is 0 Å². The number of ether oxygens (including phenoxy) is 4. The minimum Gasteiger partial charge on any atom is -0.460 e. The molecule has 0 aromatic carbocycles. The molecule has 1 aliphatic rings. The Morgan fingerprint density at radius 2 is 2.20 bits per heavy atom. The molecular weight excluding hydrogens is 260 g/mol. The van der Waals surface area contributed by atoms with Gasteiger partial charge in [0.15, 0.2) is 6.29 Å². The second kappa shape index (κ2) is 10.1. The Bertz CT molecular complexity index is 263. The van der Waals surface area contributed by atoms with Gasteiger partial charge in [0, 0.05) is 26.6 Å². The van der Waals surface area contributed by atoms with Crippen LogP contribution in [0, 0.1) is 0 Å². The Morgan fingerprint density at radius 1 is 1.40 bits per heavy atom. The average Bonchev–Trinajstić information content (AvgIpc) is 2.39.